The molecule has 0 unspecified atom stereocenters. The first-order valence-electron chi connectivity index (χ1n) is 14.8. The van der Waals surface area contributed by atoms with Gasteiger partial charge in [0.05, 0.1) is 34.9 Å². The molecular formula is C30H44O9. The Balaban J connectivity index is 1.23. The molecule has 4 aliphatic carbocycles. The molecule has 0 bridgehead atoms. The van der Waals surface area contributed by atoms with E-state index in [2.05, 4.69) is 6.92 Å². The van der Waals surface area contributed by atoms with Gasteiger partial charge in [0.2, 0.25) is 0 Å². The number of ether oxygens (including phenoxy) is 4. The average Bonchev–Trinajstić information content (AvgIpc) is 3.43. The SMILES string of the molecule is CO[C@@H]1[C@H](O[C@@H]2CC[C@@]3(C=O)[C@H]4CC[C@]5(C)[C@@H](C6=CC(=O)OC6)CC[C@@]5(O)[C@H]4CC[C@@]3(O)C2)O[C@H](C)C[C@H]1O. The highest BCUT2D eigenvalue weighted by molar-refractivity contribution is 5.85. The fourth-order valence-corrected chi connectivity index (χ4v) is 10.0. The van der Waals surface area contributed by atoms with Gasteiger partial charge < -0.3 is 39.1 Å². The van der Waals surface area contributed by atoms with Crippen molar-refractivity contribution in [2.45, 2.75) is 120 Å². The maximum Gasteiger partial charge on any atom is 0.331 e. The monoisotopic (exact) mass is 548 g/mol. The molecule has 218 valence electrons. The molecule has 0 amide bonds. The van der Waals surface area contributed by atoms with Crippen LogP contribution in [0.15, 0.2) is 11.6 Å². The lowest BCUT2D eigenvalue weighted by Gasteiger charge is -2.65. The van der Waals surface area contributed by atoms with E-state index in [0.29, 0.717) is 51.6 Å². The van der Waals surface area contributed by atoms with Crippen molar-refractivity contribution < 1.29 is 43.9 Å². The van der Waals surface area contributed by atoms with E-state index in [0.717, 1.165) is 31.1 Å². The molecule has 2 aliphatic heterocycles. The Labute approximate surface area is 230 Å². The van der Waals surface area contributed by atoms with E-state index < -0.39 is 40.5 Å². The number of rotatable bonds is 5. The quantitative estimate of drug-likeness (QED) is 0.269. The highest BCUT2D eigenvalue weighted by atomic mass is 16.7. The summed E-state index contributed by atoms with van der Waals surface area (Å²) in [5, 5.41) is 35.0. The molecule has 1 saturated heterocycles. The number of cyclic esters (lactones) is 1. The molecule has 0 aromatic heterocycles. The average molecular weight is 549 g/mol. The summed E-state index contributed by atoms with van der Waals surface area (Å²) in [6.45, 7) is 4.34. The zero-order valence-electron chi connectivity index (χ0n) is 23.3. The highest BCUT2D eigenvalue weighted by Crippen LogP contribution is 2.70. The molecule has 0 radical (unpaired) electrons. The molecule has 12 atom stereocenters. The zero-order valence-corrected chi connectivity index (χ0v) is 23.3. The van der Waals surface area contributed by atoms with Gasteiger partial charge in [-0.05, 0) is 81.6 Å². The summed E-state index contributed by atoms with van der Waals surface area (Å²) < 4.78 is 23.0. The van der Waals surface area contributed by atoms with Crippen LogP contribution in [0.4, 0.5) is 0 Å². The first kappa shape index (κ1) is 27.8. The number of esters is 1. The van der Waals surface area contributed by atoms with E-state index in [-0.39, 0.29) is 35.9 Å². The number of carbonyl (C=O) groups excluding carboxylic acids is 2. The number of hydrogen-bond acceptors (Lipinski definition) is 9. The Morgan fingerprint density at radius 3 is 2.54 bits per heavy atom. The van der Waals surface area contributed by atoms with Crippen LogP contribution in [0.1, 0.15) is 78.1 Å². The molecule has 2 heterocycles. The fraction of sp³-hybridized carbons (Fsp3) is 0.867. The van der Waals surface area contributed by atoms with Crippen molar-refractivity contribution in [3.63, 3.8) is 0 Å². The highest BCUT2D eigenvalue weighted by Gasteiger charge is 2.71. The van der Waals surface area contributed by atoms with Crippen molar-refractivity contribution in [3.05, 3.63) is 11.6 Å². The lowest BCUT2D eigenvalue weighted by Crippen LogP contribution is -2.69. The van der Waals surface area contributed by atoms with E-state index >= 15 is 0 Å². The number of methoxy groups -OCH3 is 1. The van der Waals surface area contributed by atoms with Gasteiger partial charge in [0.15, 0.2) is 6.29 Å². The Hall–Kier alpha value is -1.36. The Morgan fingerprint density at radius 1 is 1.08 bits per heavy atom. The molecule has 4 saturated carbocycles. The topological polar surface area (TPSA) is 132 Å². The van der Waals surface area contributed by atoms with E-state index in [4.69, 9.17) is 18.9 Å². The van der Waals surface area contributed by atoms with Gasteiger partial charge in [-0.2, -0.15) is 0 Å². The largest absolute Gasteiger partial charge is 0.458 e. The second kappa shape index (κ2) is 9.60. The summed E-state index contributed by atoms with van der Waals surface area (Å²) in [6, 6.07) is 0. The minimum absolute atomic E-state index is 0.0778. The minimum atomic E-state index is -1.24. The number of aldehydes is 1. The molecular weight excluding hydrogens is 504 g/mol. The molecule has 9 heteroatoms. The summed E-state index contributed by atoms with van der Waals surface area (Å²) in [5.74, 6) is -0.451. The summed E-state index contributed by atoms with van der Waals surface area (Å²) >= 11 is 0. The van der Waals surface area contributed by atoms with Crippen LogP contribution in [-0.4, -0.2) is 83.2 Å². The van der Waals surface area contributed by atoms with Gasteiger partial charge in [0.1, 0.15) is 19.0 Å². The first-order valence-corrected chi connectivity index (χ1v) is 14.8. The summed E-state index contributed by atoms with van der Waals surface area (Å²) in [6.07, 6.45) is 5.80. The van der Waals surface area contributed by atoms with Gasteiger partial charge >= 0.3 is 5.97 Å². The molecule has 5 fully saturated rings. The van der Waals surface area contributed by atoms with Crippen LogP contribution in [-0.2, 0) is 28.5 Å². The number of hydrogen-bond donors (Lipinski definition) is 3. The number of aliphatic hydroxyl groups is 3. The van der Waals surface area contributed by atoms with Gasteiger partial charge in [-0.1, -0.05) is 6.92 Å². The maximum absolute atomic E-state index is 13.0. The fourth-order valence-electron chi connectivity index (χ4n) is 10.0. The molecule has 0 aromatic carbocycles. The predicted octanol–water partition coefficient (Wildman–Crippen LogP) is 2.43. The third-order valence-electron chi connectivity index (χ3n) is 12.0. The van der Waals surface area contributed by atoms with E-state index in [1.54, 1.807) is 6.08 Å². The first-order chi connectivity index (χ1) is 18.5. The molecule has 6 rings (SSSR count). The smallest absolute Gasteiger partial charge is 0.331 e. The second-order valence-electron chi connectivity index (χ2n) is 13.6. The van der Waals surface area contributed by atoms with Crippen LogP contribution < -0.4 is 0 Å². The van der Waals surface area contributed by atoms with Gasteiger partial charge in [0.25, 0.3) is 0 Å². The van der Waals surface area contributed by atoms with E-state index in [9.17, 15) is 24.9 Å². The van der Waals surface area contributed by atoms with Crippen molar-refractivity contribution in [2.24, 2.45) is 28.6 Å². The molecule has 39 heavy (non-hydrogen) atoms. The second-order valence-corrected chi connectivity index (χ2v) is 13.6. The van der Waals surface area contributed by atoms with E-state index in [1.807, 2.05) is 6.92 Å². The maximum atomic E-state index is 13.0. The van der Waals surface area contributed by atoms with Crippen molar-refractivity contribution in [1.29, 1.82) is 0 Å². The molecule has 6 aliphatic rings. The summed E-state index contributed by atoms with van der Waals surface area (Å²) in [4.78, 5) is 24.8. The van der Waals surface area contributed by atoms with Crippen LogP contribution in [0.2, 0.25) is 0 Å². The Morgan fingerprint density at radius 2 is 1.85 bits per heavy atom. The third-order valence-corrected chi connectivity index (χ3v) is 12.0. The van der Waals surface area contributed by atoms with Crippen LogP contribution >= 0.6 is 0 Å². The molecule has 0 spiro atoms. The van der Waals surface area contributed by atoms with Crippen molar-refractivity contribution in [2.75, 3.05) is 13.7 Å². The lowest BCUT2D eigenvalue weighted by molar-refractivity contribution is -0.302. The summed E-state index contributed by atoms with van der Waals surface area (Å²) in [5.41, 5.74) is -2.58. The lowest BCUT2D eigenvalue weighted by atomic mass is 9.41. The van der Waals surface area contributed by atoms with Gasteiger partial charge in [0, 0.05) is 31.4 Å². The minimum Gasteiger partial charge on any atom is -0.458 e. The van der Waals surface area contributed by atoms with Crippen molar-refractivity contribution >= 4 is 12.3 Å². The van der Waals surface area contributed by atoms with Gasteiger partial charge in [-0.3, -0.25) is 0 Å². The summed E-state index contributed by atoms with van der Waals surface area (Å²) in [7, 11) is 1.53. The third kappa shape index (κ3) is 3.94. The molecule has 9 nitrogen and oxygen atoms in total. The van der Waals surface area contributed by atoms with Crippen LogP contribution in [0, 0.1) is 28.6 Å². The van der Waals surface area contributed by atoms with E-state index in [1.165, 1.54) is 7.11 Å². The van der Waals surface area contributed by atoms with Crippen LogP contribution in [0.5, 0.6) is 0 Å². The van der Waals surface area contributed by atoms with Crippen molar-refractivity contribution in [1.82, 2.24) is 0 Å². The van der Waals surface area contributed by atoms with Crippen LogP contribution in [0.3, 0.4) is 0 Å². The molecule has 0 aromatic rings. The van der Waals surface area contributed by atoms with Gasteiger partial charge in [-0.25, -0.2) is 4.79 Å². The van der Waals surface area contributed by atoms with Gasteiger partial charge in [-0.15, -0.1) is 0 Å². The van der Waals surface area contributed by atoms with Crippen LogP contribution in [0.25, 0.3) is 0 Å². The normalized spacial score (nSPS) is 53.3. The predicted molar refractivity (Wildman–Crippen MR) is 138 cm³/mol. The number of fused-ring (bicyclic) bond motifs is 5. The standard InChI is InChI=1S/C30H44O9/c1-17-12-23(32)25(36-3)26(38-17)39-19-4-9-28(16-31)21-5-8-27(2)20(18-13-24(33)37-15-18)7-11-30(27,35)22(21)6-10-29(28,34)14-19/h13,16-17,19-23,25-26,32,34-35H,4-12,14-15H2,1-3H3/t17-,19-,20-,21+,22+,23-,25+,26+,27-,28-,29-,30-/m1/s1. The molecule has 3 N–H and O–H groups in total. The zero-order chi connectivity index (χ0) is 27.8. The Bertz CT molecular complexity index is 1030. The Kier molecular flexibility index (Phi) is 6.84. The van der Waals surface area contributed by atoms with Crippen molar-refractivity contribution in [3.8, 4) is 0 Å². The number of carbonyl (C=O) groups is 2. The number of aliphatic hydroxyl groups excluding tert-OH is 1.